The lowest BCUT2D eigenvalue weighted by atomic mass is 9.82. The Hall–Kier alpha value is -5.15. The summed E-state index contributed by atoms with van der Waals surface area (Å²) in [7, 11) is -1.09. The van der Waals surface area contributed by atoms with Crippen LogP contribution in [0.25, 0.3) is 11.0 Å². The predicted molar refractivity (Wildman–Crippen MR) is 252 cm³/mol. The Morgan fingerprint density at radius 3 is 2.52 bits per heavy atom. The second-order valence-corrected chi connectivity index (χ2v) is 21.0. The van der Waals surface area contributed by atoms with E-state index in [1.165, 1.54) is 11.3 Å². The summed E-state index contributed by atoms with van der Waals surface area (Å²) in [4.78, 5) is 44.6. The molecule has 2 amide bonds. The molecule has 2 aromatic heterocycles. The van der Waals surface area contributed by atoms with E-state index < -0.39 is 7.14 Å². The third-order valence-electron chi connectivity index (χ3n) is 12.2. The van der Waals surface area contributed by atoms with E-state index in [4.69, 9.17) is 14.5 Å². The molecule has 63 heavy (non-hydrogen) atoms. The van der Waals surface area contributed by atoms with Gasteiger partial charge in [0.25, 0.3) is 0 Å². The van der Waals surface area contributed by atoms with Crippen molar-refractivity contribution in [2.24, 2.45) is 5.92 Å². The first-order chi connectivity index (χ1) is 30.4. The molecule has 5 aromatic rings. The van der Waals surface area contributed by atoms with Crippen LogP contribution in [-0.2, 0) is 20.6 Å². The number of piperidine rings is 2. The van der Waals surface area contributed by atoms with Gasteiger partial charge in [0.15, 0.2) is 0 Å². The Morgan fingerprint density at radius 1 is 0.952 bits per heavy atom. The molecule has 3 aliphatic rings. The van der Waals surface area contributed by atoms with Crippen LogP contribution in [0.15, 0.2) is 71.6 Å². The minimum atomic E-state index is -2.77. The zero-order valence-corrected chi connectivity index (χ0v) is 38.7. The van der Waals surface area contributed by atoms with E-state index in [0.29, 0.717) is 68.8 Å². The summed E-state index contributed by atoms with van der Waals surface area (Å²) < 4.78 is 26.3. The molecule has 1 atom stereocenters. The second kappa shape index (κ2) is 19.7. The van der Waals surface area contributed by atoms with Crippen LogP contribution in [0.1, 0.15) is 62.5 Å². The molecular weight excluding hydrogens is 883 g/mol. The summed E-state index contributed by atoms with van der Waals surface area (Å²) in [6.45, 7) is 10.3. The molecule has 1 saturated carbocycles. The second-order valence-electron chi connectivity index (χ2n) is 17.0. The lowest BCUT2D eigenvalue weighted by Crippen LogP contribution is -2.45. The Labute approximate surface area is 376 Å². The molecule has 1 aliphatic carbocycles. The van der Waals surface area contributed by atoms with Gasteiger partial charge in [0.05, 0.1) is 45.8 Å². The van der Waals surface area contributed by atoms with Crippen molar-refractivity contribution >= 4 is 80.1 Å². The summed E-state index contributed by atoms with van der Waals surface area (Å²) in [5.41, 5.74) is 5.98. The number of aryl methyl sites for hydroxylation is 1. The number of nitrogens with zero attached hydrogens (tertiary/aromatic N) is 5. The number of hydrogen-bond acceptors (Lipinski definition) is 14. The van der Waals surface area contributed by atoms with Gasteiger partial charge in [-0.1, -0.05) is 19.1 Å². The number of amides is 2. The number of benzene rings is 3. The highest BCUT2D eigenvalue weighted by molar-refractivity contribution is 9.10. The third-order valence-corrected chi connectivity index (χ3v) is 14.3. The van der Waals surface area contributed by atoms with Crippen molar-refractivity contribution in [1.82, 2.24) is 35.9 Å². The fourth-order valence-corrected chi connectivity index (χ4v) is 10.5. The van der Waals surface area contributed by atoms with Crippen LogP contribution >= 0.6 is 23.1 Å². The number of fused-ring (bicyclic) bond motifs is 1. The van der Waals surface area contributed by atoms with Crippen molar-refractivity contribution in [3.05, 3.63) is 82.7 Å². The molecule has 5 N–H and O–H groups in total. The SMILES string of the molecule is CCc1cc(Nc2ncc(Br)c(Nc3ccc4nccnc4c3P(C)(C)=O)n2)c(OC)cc1N1CCC(NCCNCC2CC(Oc3cccc(C4CCC(=O)NC4=O)c3)C2)CC1. The number of imide groups is 1. The first-order valence-electron chi connectivity index (χ1n) is 21.8. The van der Waals surface area contributed by atoms with E-state index in [1.807, 2.05) is 36.4 Å². The highest BCUT2D eigenvalue weighted by Gasteiger charge is 2.32. The Bertz CT molecular complexity index is 2510. The molecule has 332 valence electrons. The van der Waals surface area contributed by atoms with Crippen LogP contribution in [0.3, 0.4) is 0 Å². The number of anilines is 5. The number of halogens is 1. The molecule has 0 bridgehead atoms. The number of aromatic nitrogens is 4. The first kappa shape index (κ1) is 44.5. The quantitative estimate of drug-likeness (QED) is 0.0364. The molecule has 2 saturated heterocycles. The molecule has 15 nitrogen and oxygen atoms in total. The van der Waals surface area contributed by atoms with Gasteiger partial charge < -0.3 is 40.2 Å². The van der Waals surface area contributed by atoms with E-state index in [-0.39, 0.29) is 23.8 Å². The number of nitrogens with one attached hydrogen (secondary N) is 5. The lowest BCUT2D eigenvalue weighted by molar-refractivity contribution is -0.134. The predicted octanol–water partition coefficient (Wildman–Crippen LogP) is 7.01. The van der Waals surface area contributed by atoms with Crippen LogP contribution in [-0.4, -0.2) is 97.1 Å². The smallest absolute Gasteiger partial charge is 0.234 e. The average molecular weight is 940 g/mol. The van der Waals surface area contributed by atoms with Crippen molar-refractivity contribution < 1.29 is 23.6 Å². The molecule has 3 fully saturated rings. The number of methoxy groups -OCH3 is 1. The molecule has 3 aromatic carbocycles. The highest BCUT2D eigenvalue weighted by atomic mass is 79.9. The van der Waals surface area contributed by atoms with Crippen molar-refractivity contribution in [2.45, 2.75) is 69.9 Å². The molecule has 0 radical (unpaired) electrons. The van der Waals surface area contributed by atoms with Gasteiger partial charge in [-0.05, 0) is 122 Å². The Morgan fingerprint density at radius 2 is 1.76 bits per heavy atom. The topological polar surface area (TPSA) is 185 Å². The molecule has 4 heterocycles. The van der Waals surface area contributed by atoms with Crippen LogP contribution in [0.5, 0.6) is 11.5 Å². The Balaban J connectivity index is 0.795. The first-order valence-corrected chi connectivity index (χ1v) is 25.2. The molecule has 8 rings (SSSR count). The van der Waals surface area contributed by atoms with E-state index in [9.17, 15) is 14.2 Å². The maximum Gasteiger partial charge on any atom is 0.234 e. The highest BCUT2D eigenvalue weighted by Crippen LogP contribution is 2.42. The van der Waals surface area contributed by atoms with Crippen LogP contribution in [0.2, 0.25) is 0 Å². The summed E-state index contributed by atoms with van der Waals surface area (Å²) >= 11 is 3.59. The van der Waals surface area contributed by atoms with Crippen molar-refractivity contribution in [1.29, 1.82) is 0 Å². The molecular formula is C46H56BrN10O5P. The number of hydrogen-bond donors (Lipinski definition) is 5. The van der Waals surface area contributed by atoms with Crippen LogP contribution in [0.4, 0.5) is 28.8 Å². The van der Waals surface area contributed by atoms with Gasteiger partial charge in [-0.15, -0.1) is 0 Å². The van der Waals surface area contributed by atoms with E-state index >= 15 is 0 Å². The molecule has 17 heteroatoms. The lowest BCUT2D eigenvalue weighted by Gasteiger charge is -2.36. The minimum Gasteiger partial charge on any atom is -0.494 e. The molecule has 2 aliphatic heterocycles. The summed E-state index contributed by atoms with van der Waals surface area (Å²) in [5, 5.41) is 17.2. The van der Waals surface area contributed by atoms with E-state index in [1.54, 1.807) is 39.0 Å². The van der Waals surface area contributed by atoms with Gasteiger partial charge in [-0.25, -0.2) is 4.98 Å². The molecule has 0 spiro atoms. The van der Waals surface area contributed by atoms with Gasteiger partial charge in [0.1, 0.15) is 30.0 Å². The summed E-state index contributed by atoms with van der Waals surface area (Å²) in [6.07, 6.45) is 11.0. The number of carbonyl (C=O) groups excluding carboxylic acids is 2. The maximum atomic E-state index is 13.5. The van der Waals surface area contributed by atoms with Gasteiger partial charge >= 0.3 is 0 Å². The monoisotopic (exact) mass is 938 g/mol. The van der Waals surface area contributed by atoms with Crippen LogP contribution < -0.4 is 46.3 Å². The van der Waals surface area contributed by atoms with E-state index in [0.717, 1.165) is 81.8 Å². The van der Waals surface area contributed by atoms with Crippen molar-refractivity contribution in [3.8, 4) is 11.5 Å². The fourth-order valence-electron chi connectivity index (χ4n) is 8.83. The fraction of sp³-hybridized carbons (Fsp3) is 0.435. The van der Waals surface area contributed by atoms with Crippen LogP contribution in [0, 0.1) is 5.92 Å². The zero-order valence-electron chi connectivity index (χ0n) is 36.2. The summed E-state index contributed by atoms with van der Waals surface area (Å²) in [6, 6.07) is 16.2. The number of ether oxygens (including phenoxy) is 2. The van der Waals surface area contributed by atoms with Gasteiger partial charge in [0.2, 0.25) is 17.8 Å². The number of rotatable bonds is 17. The number of carbonyl (C=O) groups is 2. The largest absolute Gasteiger partial charge is 0.494 e. The van der Waals surface area contributed by atoms with Gasteiger partial charge in [-0.3, -0.25) is 24.9 Å². The standard InChI is InChI=1S/C46H56BrN10O5P/c1-5-29-24-38(54-46-52-27-35(47)44(56-46)53-37-11-10-36-42(51-18-17-50-36)43(37)63(3,4)60)40(61-2)25-39(29)57-19-13-31(14-20-57)49-16-15-48-26-28-21-33(22-28)62-32-8-6-7-30(23-32)34-9-12-41(58)55-45(34)59/h6-8,10-11,17-18,23-25,27-28,31,33-34,48-49H,5,9,12-16,19-22,26H2,1-4H3,(H,55,58,59)(H2,52,53,54,56). The van der Waals surface area contributed by atoms with Gasteiger partial charge in [0, 0.05) is 69.0 Å². The normalized spacial score (nSPS) is 19.4. The van der Waals surface area contributed by atoms with E-state index in [2.05, 4.69) is 81.4 Å². The third kappa shape index (κ3) is 10.6. The Kier molecular flexibility index (Phi) is 13.9. The minimum absolute atomic E-state index is 0.183. The summed E-state index contributed by atoms with van der Waals surface area (Å²) in [5.74, 6) is 2.24. The van der Waals surface area contributed by atoms with Crippen molar-refractivity contribution in [2.75, 3.05) is 68.7 Å². The van der Waals surface area contributed by atoms with Gasteiger partial charge in [-0.2, -0.15) is 4.98 Å². The molecule has 1 unspecified atom stereocenters. The average Bonchev–Trinajstić information content (AvgIpc) is 3.26. The van der Waals surface area contributed by atoms with Crippen molar-refractivity contribution in [3.63, 3.8) is 0 Å². The zero-order chi connectivity index (χ0) is 44.1. The maximum absolute atomic E-state index is 13.5.